The van der Waals surface area contributed by atoms with E-state index in [4.69, 9.17) is 0 Å². The van der Waals surface area contributed by atoms with E-state index in [0.29, 0.717) is 11.5 Å². The average molecular weight is 313 g/mol. The highest BCUT2D eigenvalue weighted by atomic mass is 32.2. The van der Waals surface area contributed by atoms with Crippen molar-refractivity contribution in [2.75, 3.05) is 18.1 Å². The molecule has 118 valence electrons. The molecular weight excluding hydrogens is 289 g/mol. The maximum Gasteiger partial charge on any atom is 0.150 e. The fourth-order valence-electron chi connectivity index (χ4n) is 3.11. The van der Waals surface area contributed by atoms with Crippen LogP contribution in [0.1, 0.15) is 30.9 Å². The summed E-state index contributed by atoms with van der Waals surface area (Å²) in [4.78, 5) is 0. The van der Waals surface area contributed by atoms with Crippen molar-refractivity contribution < 1.29 is 12.8 Å². The van der Waals surface area contributed by atoms with Crippen LogP contribution in [0.25, 0.3) is 0 Å². The molecular formula is C16H24FNO2S. The van der Waals surface area contributed by atoms with Crippen LogP contribution in [0, 0.1) is 18.7 Å². The van der Waals surface area contributed by atoms with Crippen LogP contribution in [-0.4, -0.2) is 32.5 Å². The molecule has 0 aliphatic carbocycles. The number of likely N-dealkylation sites (N-methyl/N-ethyl adjacent to an activating group) is 1. The molecule has 2 rings (SSSR count). The molecule has 1 saturated heterocycles. The summed E-state index contributed by atoms with van der Waals surface area (Å²) < 4.78 is 36.5. The summed E-state index contributed by atoms with van der Waals surface area (Å²) in [6.45, 7) is 4.85. The Kier molecular flexibility index (Phi) is 5.38. The van der Waals surface area contributed by atoms with Crippen LogP contribution in [0.5, 0.6) is 0 Å². The van der Waals surface area contributed by atoms with E-state index < -0.39 is 9.84 Å². The molecule has 1 aliphatic heterocycles. The van der Waals surface area contributed by atoms with Crippen molar-refractivity contribution in [3.8, 4) is 0 Å². The molecule has 1 fully saturated rings. The van der Waals surface area contributed by atoms with Gasteiger partial charge in [0.2, 0.25) is 0 Å². The highest BCUT2D eigenvalue weighted by Gasteiger charge is 2.29. The lowest BCUT2D eigenvalue weighted by atomic mass is 9.93. The van der Waals surface area contributed by atoms with Crippen molar-refractivity contribution in [3.05, 3.63) is 35.1 Å². The van der Waals surface area contributed by atoms with E-state index in [-0.39, 0.29) is 17.8 Å². The Bertz CT molecular complexity index is 586. The third kappa shape index (κ3) is 4.78. The van der Waals surface area contributed by atoms with E-state index in [1.807, 2.05) is 13.8 Å². The molecule has 2 atom stereocenters. The molecule has 1 N–H and O–H groups in total. The molecule has 0 amide bonds. The topological polar surface area (TPSA) is 46.2 Å². The summed E-state index contributed by atoms with van der Waals surface area (Å²) in [6, 6.07) is 5.07. The lowest BCUT2D eigenvalue weighted by Crippen LogP contribution is -2.33. The SMILES string of the molecule is CCNC(Cc1cc(F)ccc1C)CC1CCS(=O)(=O)C1. The largest absolute Gasteiger partial charge is 0.314 e. The van der Waals surface area contributed by atoms with Gasteiger partial charge in [0.15, 0.2) is 9.84 Å². The maximum atomic E-state index is 13.4. The van der Waals surface area contributed by atoms with Gasteiger partial charge in [-0.1, -0.05) is 13.0 Å². The number of aryl methyl sites for hydroxylation is 1. The van der Waals surface area contributed by atoms with E-state index in [2.05, 4.69) is 5.32 Å². The number of sulfone groups is 1. The van der Waals surface area contributed by atoms with Crippen LogP contribution in [0.3, 0.4) is 0 Å². The fourth-order valence-corrected chi connectivity index (χ4v) is 4.99. The standard InChI is InChI=1S/C16H24FNO2S/c1-3-18-16(8-13-6-7-21(19,20)11-13)10-14-9-15(17)5-4-12(14)2/h4-5,9,13,16,18H,3,6-8,10-11H2,1-2H3. The first-order valence-electron chi connectivity index (χ1n) is 7.58. The summed E-state index contributed by atoms with van der Waals surface area (Å²) in [5.74, 6) is 0.634. The minimum Gasteiger partial charge on any atom is -0.314 e. The van der Waals surface area contributed by atoms with Crippen LogP contribution in [0.15, 0.2) is 18.2 Å². The van der Waals surface area contributed by atoms with E-state index in [9.17, 15) is 12.8 Å². The van der Waals surface area contributed by atoms with Gasteiger partial charge in [0.05, 0.1) is 11.5 Å². The number of benzene rings is 1. The molecule has 2 unspecified atom stereocenters. The Morgan fingerprint density at radius 3 is 2.81 bits per heavy atom. The van der Waals surface area contributed by atoms with Gasteiger partial charge in [0, 0.05) is 6.04 Å². The number of hydrogen-bond acceptors (Lipinski definition) is 3. The minimum absolute atomic E-state index is 0.203. The second-order valence-corrected chi connectivity index (χ2v) is 8.26. The van der Waals surface area contributed by atoms with E-state index >= 15 is 0 Å². The molecule has 1 aromatic rings. The minimum atomic E-state index is -2.83. The Morgan fingerprint density at radius 2 is 2.19 bits per heavy atom. The molecule has 0 radical (unpaired) electrons. The van der Waals surface area contributed by atoms with Gasteiger partial charge >= 0.3 is 0 Å². The third-order valence-electron chi connectivity index (χ3n) is 4.21. The van der Waals surface area contributed by atoms with Gasteiger partial charge in [-0.2, -0.15) is 0 Å². The monoisotopic (exact) mass is 313 g/mol. The normalized spacial score (nSPS) is 22.3. The fraction of sp³-hybridized carbons (Fsp3) is 0.625. The molecule has 1 aromatic carbocycles. The van der Waals surface area contributed by atoms with Crippen LogP contribution >= 0.6 is 0 Å². The predicted octanol–water partition coefficient (Wildman–Crippen LogP) is 2.48. The van der Waals surface area contributed by atoms with Gasteiger partial charge in [0.25, 0.3) is 0 Å². The first-order valence-corrected chi connectivity index (χ1v) is 9.40. The first-order chi connectivity index (χ1) is 9.89. The van der Waals surface area contributed by atoms with Crippen molar-refractivity contribution in [2.24, 2.45) is 5.92 Å². The molecule has 0 saturated carbocycles. The zero-order valence-corrected chi connectivity index (χ0v) is 13.5. The Balaban J connectivity index is 2.03. The van der Waals surface area contributed by atoms with Crippen molar-refractivity contribution in [2.45, 2.75) is 39.2 Å². The maximum absolute atomic E-state index is 13.4. The molecule has 1 heterocycles. The number of nitrogens with one attached hydrogen (secondary N) is 1. The van der Waals surface area contributed by atoms with Crippen LogP contribution in [0.4, 0.5) is 4.39 Å². The van der Waals surface area contributed by atoms with Crippen LogP contribution < -0.4 is 5.32 Å². The molecule has 1 aliphatic rings. The van der Waals surface area contributed by atoms with Gasteiger partial charge in [-0.15, -0.1) is 0 Å². The zero-order chi connectivity index (χ0) is 15.5. The third-order valence-corrected chi connectivity index (χ3v) is 6.05. The number of hydrogen-bond donors (Lipinski definition) is 1. The van der Waals surface area contributed by atoms with Gasteiger partial charge in [-0.3, -0.25) is 0 Å². The van der Waals surface area contributed by atoms with Gasteiger partial charge < -0.3 is 5.32 Å². The smallest absolute Gasteiger partial charge is 0.150 e. The summed E-state index contributed by atoms with van der Waals surface area (Å²) in [5, 5.41) is 3.41. The molecule has 5 heteroatoms. The molecule has 0 bridgehead atoms. The highest BCUT2D eigenvalue weighted by Crippen LogP contribution is 2.24. The second-order valence-electron chi connectivity index (χ2n) is 6.03. The first kappa shape index (κ1) is 16.4. The summed E-state index contributed by atoms with van der Waals surface area (Å²) in [6.07, 6.45) is 2.34. The van der Waals surface area contributed by atoms with E-state index in [1.54, 1.807) is 12.1 Å². The lowest BCUT2D eigenvalue weighted by molar-refractivity contribution is 0.408. The van der Waals surface area contributed by atoms with E-state index in [0.717, 1.165) is 36.9 Å². The van der Waals surface area contributed by atoms with Crippen molar-refractivity contribution in [1.82, 2.24) is 5.32 Å². The lowest BCUT2D eigenvalue weighted by Gasteiger charge is -2.22. The van der Waals surface area contributed by atoms with Gasteiger partial charge in [-0.25, -0.2) is 12.8 Å². The molecule has 0 spiro atoms. The van der Waals surface area contributed by atoms with Gasteiger partial charge in [-0.05, 0) is 61.9 Å². The van der Waals surface area contributed by atoms with Crippen LogP contribution in [-0.2, 0) is 16.3 Å². The van der Waals surface area contributed by atoms with Crippen LogP contribution in [0.2, 0.25) is 0 Å². The quantitative estimate of drug-likeness (QED) is 0.877. The predicted molar refractivity (Wildman–Crippen MR) is 83.7 cm³/mol. The Morgan fingerprint density at radius 1 is 1.43 bits per heavy atom. The highest BCUT2D eigenvalue weighted by molar-refractivity contribution is 7.91. The average Bonchev–Trinajstić information content (AvgIpc) is 2.73. The van der Waals surface area contributed by atoms with Gasteiger partial charge in [0.1, 0.15) is 5.82 Å². The van der Waals surface area contributed by atoms with Crippen molar-refractivity contribution >= 4 is 9.84 Å². The van der Waals surface area contributed by atoms with Crippen molar-refractivity contribution in [3.63, 3.8) is 0 Å². The molecule has 0 aromatic heterocycles. The number of halogens is 1. The Hall–Kier alpha value is -0.940. The number of rotatable bonds is 6. The zero-order valence-electron chi connectivity index (χ0n) is 12.7. The summed E-state index contributed by atoms with van der Waals surface area (Å²) in [5.41, 5.74) is 2.08. The second kappa shape index (κ2) is 6.88. The molecule has 3 nitrogen and oxygen atoms in total. The van der Waals surface area contributed by atoms with Crippen molar-refractivity contribution in [1.29, 1.82) is 0 Å². The Labute approximate surface area is 126 Å². The molecule has 21 heavy (non-hydrogen) atoms. The van der Waals surface area contributed by atoms with E-state index in [1.165, 1.54) is 6.07 Å². The summed E-state index contributed by atoms with van der Waals surface area (Å²) in [7, 11) is -2.83. The summed E-state index contributed by atoms with van der Waals surface area (Å²) >= 11 is 0.